The Balaban J connectivity index is 2.98. The molecule has 0 aliphatic rings. The molecule has 0 aliphatic carbocycles. The van der Waals surface area contributed by atoms with Gasteiger partial charge in [0.2, 0.25) is 0 Å². The van der Waals surface area contributed by atoms with Crippen LogP contribution in [0.4, 0.5) is 0 Å². The Labute approximate surface area is 60.7 Å². The summed E-state index contributed by atoms with van der Waals surface area (Å²) in [6.45, 7) is 3.22. The molecule has 0 aliphatic heterocycles. The number of hydrogen-bond acceptors (Lipinski definition) is 2. The van der Waals surface area contributed by atoms with Crippen LogP contribution in [-0.4, -0.2) is 24.2 Å². The second-order valence-corrected chi connectivity index (χ2v) is 1.92. The molecule has 0 saturated carbocycles. The van der Waals surface area contributed by atoms with Gasteiger partial charge in [-0.15, -0.1) is 0 Å². The summed E-state index contributed by atoms with van der Waals surface area (Å²) in [6.07, 6.45) is 4.06. The van der Waals surface area contributed by atoms with Crippen molar-refractivity contribution in [2.45, 2.75) is 13.3 Å². The van der Waals surface area contributed by atoms with Crippen LogP contribution in [0.15, 0.2) is 12.2 Å². The largest absolute Gasteiger partial charge is 0.481 e. The maximum atomic E-state index is 9.97. The minimum atomic E-state index is -0.757. The molecule has 0 radical (unpaired) electrons. The van der Waals surface area contributed by atoms with E-state index < -0.39 is 5.97 Å². The van der Waals surface area contributed by atoms with Gasteiger partial charge < -0.3 is 10.4 Å². The van der Waals surface area contributed by atoms with Gasteiger partial charge in [0.05, 0.1) is 6.42 Å². The molecular formula is C7H13NO2. The van der Waals surface area contributed by atoms with E-state index in [0.717, 1.165) is 6.54 Å². The highest BCUT2D eigenvalue weighted by atomic mass is 16.4. The molecule has 0 heterocycles. The fourth-order valence-electron chi connectivity index (χ4n) is 0.499. The van der Waals surface area contributed by atoms with Crippen molar-refractivity contribution in [3.05, 3.63) is 12.2 Å². The zero-order chi connectivity index (χ0) is 7.82. The van der Waals surface area contributed by atoms with Crippen molar-refractivity contribution in [1.82, 2.24) is 5.32 Å². The standard InChI is InChI=1S/C7H13NO2/c1-2-3-5-8-6-4-7(9)10/h2-3,8H,4-6H2,1H3,(H,9,10)/b3-2+. The second kappa shape index (κ2) is 6.29. The van der Waals surface area contributed by atoms with E-state index in [1.165, 1.54) is 0 Å². The number of carboxylic acid groups (broad SMARTS) is 1. The van der Waals surface area contributed by atoms with Crippen molar-refractivity contribution in [2.24, 2.45) is 0 Å². The molecule has 0 spiro atoms. The zero-order valence-electron chi connectivity index (χ0n) is 6.13. The maximum Gasteiger partial charge on any atom is 0.304 e. The number of rotatable bonds is 5. The topological polar surface area (TPSA) is 49.3 Å². The van der Waals surface area contributed by atoms with E-state index in [-0.39, 0.29) is 6.42 Å². The first kappa shape index (κ1) is 9.17. The van der Waals surface area contributed by atoms with Crippen LogP contribution in [-0.2, 0) is 4.79 Å². The van der Waals surface area contributed by atoms with Crippen molar-refractivity contribution in [3.8, 4) is 0 Å². The lowest BCUT2D eigenvalue weighted by atomic mass is 10.4. The summed E-state index contributed by atoms with van der Waals surface area (Å²) in [7, 11) is 0. The second-order valence-electron chi connectivity index (χ2n) is 1.92. The van der Waals surface area contributed by atoms with Gasteiger partial charge in [-0.05, 0) is 6.92 Å². The molecule has 0 fully saturated rings. The molecule has 3 nitrogen and oxygen atoms in total. The Morgan fingerprint density at radius 3 is 2.90 bits per heavy atom. The zero-order valence-corrected chi connectivity index (χ0v) is 6.13. The lowest BCUT2D eigenvalue weighted by Crippen LogP contribution is -2.17. The van der Waals surface area contributed by atoms with Gasteiger partial charge in [-0.2, -0.15) is 0 Å². The van der Waals surface area contributed by atoms with Gasteiger partial charge in [-0.3, -0.25) is 4.79 Å². The third-order valence-electron chi connectivity index (χ3n) is 1.01. The van der Waals surface area contributed by atoms with Crippen molar-refractivity contribution < 1.29 is 9.90 Å². The van der Waals surface area contributed by atoms with E-state index in [4.69, 9.17) is 5.11 Å². The molecule has 0 unspecified atom stereocenters. The number of aliphatic carboxylic acids is 1. The molecule has 0 aromatic rings. The normalized spacial score (nSPS) is 10.5. The predicted octanol–water partition coefficient (Wildman–Crippen LogP) is 0.627. The highest BCUT2D eigenvalue weighted by Gasteiger charge is 1.92. The summed E-state index contributed by atoms with van der Waals surface area (Å²) in [5.74, 6) is -0.757. The van der Waals surface area contributed by atoms with Crippen LogP contribution in [0.3, 0.4) is 0 Å². The number of nitrogens with one attached hydrogen (secondary N) is 1. The molecule has 3 heteroatoms. The lowest BCUT2D eigenvalue weighted by molar-refractivity contribution is -0.136. The average Bonchev–Trinajstić information content (AvgIpc) is 1.87. The molecule has 0 saturated heterocycles. The van der Waals surface area contributed by atoms with Gasteiger partial charge in [-0.1, -0.05) is 12.2 Å². The van der Waals surface area contributed by atoms with Crippen LogP contribution in [0.2, 0.25) is 0 Å². The van der Waals surface area contributed by atoms with Crippen LogP contribution in [0.25, 0.3) is 0 Å². The third kappa shape index (κ3) is 7.17. The quantitative estimate of drug-likeness (QED) is 0.438. The minimum absolute atomic E-state index is 0.192. The Morgan fingerprint density at radius 2 is 2.40 bits per heavy atom. The van der Waals surface area contributed by atoms with Crippen molar-refractivity contribution in [2.75, 3.05) is 13.1 Å². The average molecular weight is 143 g/mol. The third-order valence-corrected chi connectivity index (χ3v) is 1.01. The Morgan fingerprint density at radius 1 is 1.70 bits per heavy atom. The fraction of sp³-hybridized carbons (Fsp3) is 0.571. The summed E-state index contributed by atoms with van der Waals surface area (Å²) in [6, 6.07) is 0. The van der Waals surface area contributed by atoms with E-state index in [1.54, 1.807) is 0 Å². The van der Waals surface area contributed by atoms with E-state index in [1.807, 2.05) is 19.1 Å². The molecule has 58 valence electrons. The molecule has 0 atom stereocenters. The number of carbonyl (C=O) groups is 1. The number of carboxylic acids is 1. The molecule has 0 rings (SSSR count). The van der Waals surface area contributed by atoms with Gasteiger partial charge in [0.1, 0.15) is 0 Å². The molecule has 0 aromatic carbocycles. The van der Waals surface area contributed by atoms with Gasteiger partial charge in [0.15, 0.2) is 0 Å². The van der Waals surface area contributed by atoms with Crippen LogP contribution < -0.4 is 5.32 Å². The van der Waals surface area contributed by atoms with Gasteiger partial charge in [-0.25, -0.2) is 0 Å². The maximum absolute atomic E-state index is 9.97. The smallest absolute Gasteiger partial charge is 0.304 e. The Bertz CT molecular complexity index is 121. The minimum Gasteiger partial charge on any atom is -0.481 e. The summed E-state index contributed by atoms with van der Waals surface area (Å²) in [5.41, 5.74) is 0. The van der Waals surface area contributed by atoms with Crippen molar-refractivity contribution >= 4 is 5.97 Å². The first-order valence-corrected chi connectivity index (χ1v) is 3.31. The molecule has 0 aromatic heterocycles. The molecule has 0 bridgehead atoms. The SMILES string of the molecule is C/C=C/CNCCC(=O)O. The summed E-state index contributed by atoms with van der Waals surface area (Å²) in [4.78, 5) is 9.97. The summed E-state index contributed by atoms with van der Waals surface area (Å²) >= 11 is 0. The van der Waals surface area contributed by atoms with E-state index in [9.17, 15) is 4.79 Å². The van der Waals surface area contributed by atoms with E-state index in [2.05, 4.69) is 5.32 Å². The van der Waals surface area contributed by atoms with Gasteiger partial charge >= 0.3 is 5.97 Å². The molecule has 2 N–H and O–H groups in total. The molecule has 10 heavy (non-hydrogen) atoms. The predicted molar refractivity (Wildman–Crippen MR) is 39.9 cm³/mol. The Hall–Kier alpha value is -0.830. The Kier molecular flexibility index (Phi) is 5.77. The summed E-state index contributed by atoms with van der Waals surface area (Å²) in [5, 5.41) is 11.2. The monoisotopic (exact) mass is 143 g/mol. The number of allylic oxidation sites excluding steroid dienone is 1. The first-order valence-electron chi connectivity index (χ1n) is 3.31. The van der Waals surface area contributed by atoms with Gasteiger partial charge in [0.25, 0.3) is 0 Å². The highest BCUT2D eigenvalue weighted by molar-refractivity contribution is 5.66. The van der Waals surface area contributed by atoms with Crippen LogP contribution in [0.5, 0.6) is 0 Å². The van der Waals surface area contributed by atoms with Crippen LogP contribution in [0, 0.1) is 0 Å². The highest BCUT2D eigenvalue weighted by Crippen LogP contribution is 1.74. The lowest BCUT2D eigenvalue weighted by Gasteiger charge is -1.95. The fourth-order valence-corrected chi connectivity index (χ4v) is 0.499. The molecular weight excluding hydrogens is 130 g/mol. The van der Waals surface area contributed by atoms with Gasteiger partial charge in [0, 0.05) is 13.1 Å². The number of hydrogen-bond donors (Lipinski definition) is 2. The van der Waals surface area contributed by atoms with Crippen LogP contribution >= 0.6 is 0 Å². The van der Waals surface area contributed by atoms with Crippen LogP contribution in [0.1, 0.15) is 13.3 Å². The van der Waals surface area contributed by atoms with Crippen molar-refractivity contribution in [1.29, 1.82) is 0 Å². The van der Waals surface area contributed by atoms with E-state index >= 15 is 0 Å². The first-order chi connectivity index (χ1) is 4.77. The summed E-state index contributed by atoms with van der Waals surface area (Å²) < 4.78 is 0. The molecule has 0 amide bonds. The van der Waals surface area contributed by atoms with Crippen molar-refractivity contribution in [3.63, 3.8) is 0 Å². The van der Waals surface area contributed by atoms with E-state index in [0.29, 0.717) is 6.54 Å².